The Bertz CT molecular complexity index is 523. The second-order valence-corrected chi connectivity index (χ2v) is 5.82. The van der Waals surface area contributed by atoms with Gasteiger partial charge in [0.25, 0.3) is 5.91 Å². The highest BCUT2D eigenvalue weighted by Gasteiger charge is 2.40. The average molecular weight is 270 g/mol. The van der Waals surface area contributed by atoms with Gasteiger partial charge in [0, 0.05) is 29.8 Å². The van der Waals surface area contributed by atoms with E-state index < -0.39 is 0 Å². The molecule has 3 unspecified atom stereocenters. The van der Waals surface area contributed by atoms with E-state index in [1.54, 1.807) is 0 Å². The van der Waals surface area contributed by atoms with Crippen LogP contribution in [-0.4, -0.2) is 18.5 Å². The molecule has 3 heteroatoms. The molecule has 20 heavy (non-hydrogen) atoms. The van der Waals surface area contributed by atoms with E-state index in [2.05, 4.69) is 29.7 Å². The van der Waals surface area contributed by atoms with E-state index in [0.29, 0.717) is 12.0 Å². The number of benzene rings is 1. The van der Waals surface area contributed by atoms with E-state index in [0.717, 1.165) is 30.1 Å². The molecule has 1 fully saturated rings. The lowest BCUT2D eigenvalue weighted by atomic mass is 9.71. The molecule has 0 heterocycles. The second kappa shape index (κ2) is 5.70. The molecule has 2 aliphatic rings. The van der Waals surface area contributed by atoms with Gasteiger partial charge in [0.1, 0.15) is 0 Å². The van der Waals surface area contributed by atoms with Crippen LogP contribution in [0, 0.1) is 11.8 Å². The van der Waals surface area contributed by atoms with Crippen LogP contribution in [0.15, 0.2) is 36.4 Å². The van der Waals surface area contributed by atoms with Crippen LogP contribution in [0.25, 0.3) is 0 Å². The number of fused-ring (bicyclic) bond motifs is 1. The third-order valence-corrected chi connectivity index (χ3v) is 4.38. The maximum absolute atomic E-state index is 12.0. The van der Waals surface area contributed by atoms with Crippen molar-refractivity contribution in [3.05, 3.63) is 42.0 Å². The summed E-state index contributed by atoms with van der Waals surface area (Å²) in [6, 6.07) is 8.35. The molecule has 2 N–H and O–H groups in total. The first-order valence-electron chi connectivity index (χ1n) is 7.59. The first kappa shape index (κ1) is 13.2. The molecule has 0 aliphatic heterocycles. The molecule has 0 radical (unpaired) electrons. The Morgan fingerprint density at radius 2 is 2.30 bits per heavy atom. The molecule has 3 nitrogen and oxygen atoms in total. The lowest BCUT2D eigenvalue weighted by molar-refractivity contribution is 0.0953. The van der Waals surface area contributed by atoms with Gasteiger partial charge in [-0.05, 0) is 43.4 Å². The van der Waals surface area contributed by atoms with Gasteiger partial charge in [-0.3, -0.25) is 4.79 Å². The van der Waals surface area contributed by atoms with Crippen molar-refractivity contribution in [2.24, 2.45) is 11.8 Å². The second-order valence-electron chi connectivity index (χ2n) is 5.82. The number of carbonyl (C=O) groups is 1. The standard InChI is InChI=1S/C17H22N2O/c1-2-9-18-17(20)13-6-3-7-14(10-13)19-16-11-12-5-4-8-15(12)16/h3-4,6-8,10,12,15-16,19H,2,5,9,11H2,1H3,(H,18,20). The maximum atomic E-state index is 12.0. The van der Waals surface area contributed by atoms with Gasteiger partial charge in [-0.25, -0.2) is 0 Å². The summed E-state index contributed by atoms with van der Waals surface area (Å²) in [4.78, 5) is 12.0. The number of hydrogen-bond donors (Lipinski definition) is 2. The zero-order valence-corrected chi connectivity index (χ0v) is 11.9. The first-order chi connectivity index (χ1) is 9.78. The van der Waals surface area contributed by atoms with E-state index in [-0.39, 0.29) is 5.91 Å². The van der Waals surface area contributed by atoms with Crippen molar-refractivity contribution in [3.63, 3.8) is 0 Å². The van der Waals surface area contributed by atoms with E-state index in [1.807, 2.05) is 24.3 Å². The van der Waals surface area contributed by atoms with E-state index in [4.69, 9.17) is 0 Å². The Labute approximate surface area is 120 Å². The first-order valence-corrected chi connectivity index (χ1v) is 7.59. The van der Waals surface area contributed by atoms with Crippen LogP contribution in [0.5, 0.6) is 0 Å². The molecule has 1 saturated carbocycles. The number of anilines is 1. The average Bonchev–Trinajstić information content (AvgIpc) is 2.84. The fourth-order valence-electron chi connectivity index (χ4n) is 3.19. The fourth-order valence-corrected chi connectivity index (χ4v) is 3.19. The van der Waals surface area contributed by atoms with Gasteiger partial charge >= 0.3 is 0 Å². The third kappa shape index (κ3) is 2.58. The largest absolute Gasteiger partial charge is 0.382 e. The number of hydrogen-bond acceptors (Lipinski definition) is 2. The van der Waals surface area contributed by atoms with Gasteiger partial charge in [0.2, 0.25) is 0 Å². The van der Waals surface area contributed by atoms with Gasteiger partial charge < -0.3 is 10.6 Å². The molecule has 0 spiro atoms. The number of carbonyl (C=O) groups excluding carboxylic acids is 1. The van der Waals surface area contributed by atoms with Crippen molar-refractivity contribution in [1.29, 1.82) is 0 Å². The Hall–Kier alpha value is -1.77. The molecule has 0 bridgehead atoms. The molecule has 1 aromatic carbocycles. The third-order valence-electron chi connectivity index (χ3n) is 4.38. The predicted octanol–water partition coefficient (Wildman–Crippen LogP) is 3.20. The molecule has 1 amide bonds. The van der Waals surface area contributed by atoms with Crippen LogP contribution >= 0.6 is 0 Å². The molecule has 3 atom stereocenters. The van der Waals surface area contributed by atoms with Crippen molar-refractivity contribution in [2.75, 3.05) is 11.9 Å². The number of nitrogens with one attached hydrogen (secondary N) is 2. The topological polar surface area (TPSA) is 41.1 Å². The van der Waals surface area contributed by atoms with E-state index in [9.17, 15) is 4.79 Å². The summed E-state index contributed by atoms with van der Waals surface area (Å²) in [7, 11) is 0. The lowest BCUT2D eigenvalue weighted by Crippen LogP contribution is -2.43. The predicted molar refractivity (Wildman–Crippen MR) is 81.8 cm³/mol. The quantitative estimate of drug-likeness (QED) is 0.807. The highest BCUT2D eigenvalue weighted by atomic mass is 16.1. The number of allylic oxidation sites excluding steroid dienone is 1. The molecular formula is C17H22N2O. The summed E-state index contributed by atoms with van der Waals surface area (Å²) in [6.45, 7) is 2.79. The van der Waals surface area contributed by atoms with Gasteiger partial charge in [0.15, 0.2) is 0 Å². The van der Waals surface area contributed by atoms with E-state index in [1.165, 1.54) is 12.8 Å². The van der Waals surface area contributed by atoms with Gasteiger partial charge in [-0.2, -0.15) is 0 Å². The number of amides is 1. The van der Waals surface area contributed by atoms with Crippen molar-refractivity contribution < 1.29 is 4.79 Å². The van der Waals surface area contributed by atoms with Crippen LogP contribution < -0.4 is 10.6 Å². The summed E-state index contributed by atoms with van der Waals surface area (Å²) in [5.74, 6) is 1.55. The Morgan fingerprint density at radius 1 is 1.40 bits per heavy atom. The summed E-state index contributed by atoms with van der Waals surface area (Å²) < 4.78 is 0. The molecular weight excluding hydrogens is 248 g/mol. The zero-order valence-electron chi connectivity index (χ0n) is 11.9. The zero-order chi connectivity index (χ0) is 13.9. The van der Waals surface area contributed by atoms with Gasteiger partial charge in [0.05, 0.1) is 0 Å². The monoisotopic (exact) mass is 270 g/mol. The highest BCUT2D eigenvalue weighted by molar-refractivity contribution is 5.95. The highest BCUT2D eigenvalue weighted by Crippen LogP contribution is 2.44. The normalized spacial score (nSPS) is 26.8. The van der Waals surface area contributed by atoms with Crippen molar-refractivity contribution in [3.8, 4) is 0 Å². The Morgan fingerprint density at radius 3 is 3.10 bits per heavy atom. The maximum Gasteiger partial charge on any atom is 0.251 e. The van der Waals surface area contributed by atoms with Crippen molar-refractivity contribution in [1.82, 2.24) is 5.32 Å². The van der Waals surface area contributed by atoms with E-state index >= 15 is 0 Å². The van der Waals surface area contributed by atoms with Crippen molar-refractivity contribution >= 4 is 11.6 Å². The Balaban J connectivity index is 1.62. The minimum absolute atomic E-state index is 0.0164. The molecule has 106 valence electrons. The molecule has 0 aromatic heterocycles. The molecule has 1 aromatic rings. The van der Waals surface area contributed by atoms with Crippen LogP contribution in [0.1, 0.15) is 36.5 Å². The minimum atomic E-state index is 0.0164. The van der Waals surface area contributed by atoms with Crippen LogP contribution in [0.2, 0.25) is 0 Å². The van der Waals surface area contributed by atoms with Gasteiger partial charge in [-0.1, -0.05) is 25.1 Å². The molecule has 2 aliphatic carbocycles. The fraction of sp³-hybridized carbons (Fsp3) is 0.471. The van der Waals surface area contributed by atoms with Crippen LogP contribution in [0.4, 0.5) is 5.69 Å². The smallest absolute Gasteiger partial charge is 0.251 e. The summed E-state index contributed by atoms with van der Waals surface area (Å²) in [5, 5.41) is 6.49. The van der Waals surface area contributed by atoms with Crippen LogP contribution in [0.3, 0.4) is 0 Å². The summed E-state index contributed by atoms with van der Waals surface area (Å²) in [6.07, 6.45) is 8.07. The minimum Gasteiger partial charge on any atom is -0.382 e. The Kier molecular flexibility index (Phi) is 3.77. The number of rotatable bonds is 5. The van der Waals surface area contributed by atoms with Crippen LogP contribution in [-0.2, 0) is 0 Å². The molecule has 3 rings (SSSR count). The summed E-state index contributed by atoms with van der Waals surface area (Å²) >= 11 is 0. The lowest BCUT2D eigenvalue weighted by Gasteiger charge is -2.41. The molecule has 0 saturated heterocycles. The SMILES string of the molecule is CCCNC(=O)c1cccc(NC2CC3CC=CC32)c1. The summed E-state index contributed by atoms with van der Waals surface area (Å²) in [5.41, 5.74) is 1.79. The van der Waals surface area contributed by atoms with Gasteiger partial charge in [-0.15, -0.1) is 0 Å². The van der Waals surface area contributed by atoms with Crippen molar-refractivity contribution in [2.45, 2.75) is 32.2 Å².